The van der Waals surface area contributed by atoms with Gasteiger partial charge in [-0.3, -0.25) is 0 Å². The van der Waals surface area contributed by atoms with Crippen molar-refractivity contribution in [1.82, 2.24) is 0 Å². The zero-order chi connectivity index (χ0) is 98.0. The molecule has 3 saturated carbocycles. The molecule has 0 heterocycles. The van der Waals surface area contributed by atoms with Crippen molar-refractivity contribution in [3.63, 3.8) is 0 Å². The van der Waals surface area contributed by atoms with Gasteiger partial charge in [-0.25, -0.2) is 0 Å². The lowest BCUT2D eigenvalue weighted by Gasteiger charge is -2.48. The summed E-state index contributed by atoms with van der Waals surface area (Å²) in [6.07, 6.45) is 17.1. The smallest absolute Gasteiger partial charge is 0.0624 e. The Morgan fingerprint density at radius 3 is 0.681 bits per heavy atom. The second-order valence-corrected chi connectivity index (χ2v) is 42.8. The van der Waals surface area contributed by atoms with Crippen LogP contribution in [0.3, 0.4) is 0 Å². The highest BCUT2D eigenvalue weighted by molar-refractivity contribution is 5.62. The first-order valence-corrected chi connectivity index (χ1v) is 51.4. The number of aryl methyl sites for hydroxylation is 16. The predicted molar refractivity (Wildman–Crippen MR) is 594 cm³/mol. The lowest BCUT2D eigenvalue weighted by atomic mass is 9.55. The highest BCUT2D eigenvalue weighted by Crippen LogP contribution is 2.55. The van der Waals surface area contributed by atoms with Gasteiger partial charge in [0.1, 0.15) is 0 Å². The molecule has 0 radical (unpaired) electrons. The summed E-state index contributed by atoms with van der Waals surface area (Å²) >= 11 is 0. The summed E-state index contributed by atoms with van der Waals surface area (Å²) in [5, 5.41) is 0. The van der Waals surface area contributed by atoms with Gasteiger partial charge < -0.3 is 0 Å². The van der Waals surface area contributed by atoms with Crippen molar-refractivity contribution in [2.45, 2.75) is 261 Å². The Bertz CT molecular complexity index is 6220. The molecule has 0 saturated heterocycles. The van der Waals surface area contributed by atoms with Crippen LogP contribution in [-0.4, -0.2) is 0 Å². The Balaban J connectivity index is 0.000000132. The second kappa shape index (κ2) is 45.0. The molecule has 3 fully saturated rings. The average molecular weight is 1810 g/mol. The van der Waals surface area contributed by atoms with Gasteiger partial charge in [-0.05, 0) is 314 Å². The summed E-state index contributed by atoms with van der Waals surface area (Å²) < 4.78 is 0. The minimum absolute atomic E-state index is 0.136. The van der Waals surface area contributed by atoms with Crippen LogP contribution < -0.4 is 0 Å². The molecule has 0 aromatic heterocycles. The van der Waals surface area contributed by atoms with Crippen LogP contribution in [0.25, 0.3) is 0 Å². The van der Waals surface area contributed by atoms with Gasteiger partial charge in [-0.15, -0.1) is 0 Å². The predicted octanol–water partition coefficient (Wildman–Crippen LogP) is 36.8. The first-order chi connectivity index (χ1) is 66.3. The van der Waals surface area contributed by atoms with Gasteiger partial charge in [-0.2, -0.15) is 0 Å². The van der Waals surface area contributed by atoms with E-state index in [1.807, 2.05) is 0 Å². The fraction of sp³-hybridized carbons (Fsp3) is 0.304. The van der Waals surface area contributed by atoms with Gasteiger partial charge >= 0.3 is 0 Å². The quantitative estimate of drug-likeness (QED) is 0.0846. The summed E-state index contributed by atoms with van der Waals surface area (Å²) in [6, 6.07) is 144. The Kier molecular flexibility index (Phi) is 33.1. The monoisotopic (exact) mass is 1810 g/mol. The molecule has 1 atom stereocenters. The molecular weight excluding hydrogens is 1660 g/mol. The van der Waals surface area contributed by atoms with Gasteiger partial charge in [-0.1, -0.05) is 492 Å². The Morgan fingerprint density at radius 2 is 0.406 bits per heavy atom. The third-order valence-corrected chi connectivity index (χ3v) is 31.8. The number of rotatable bonds is 16. The molecule has 706 valence electrons. The summed E-state index contributed by atoms with van der Waals surface area (Å²) in [5.74, 6) is 0.751. The largest absolute Gasteiger partial charge is 0.0701 e. The SMILES string of the molecule is Cc1ccc(C(C)(c2ccccc2)c2ccc(C)c(C)c2)cc1C.Cc1ccc(C(C)(c2ccccc2)c2ccc(C)cc2)cc1.Cc1ccc(C(c2ccccc2)(c2ccccc2)c2ccc(C)cc2)cc1.Cc1ccc(C2(c3ccc(C)c(C)c3)CCCCC2)cc1C.Cc1ccc(C2(c3ccc(C)cc3)CC(C)CC(C)(C)C2)cc1.Cc1ccc(C2(c3ccc(C)cc3)CCCCC2)cc1. The summed E-state index contributed by atoms with van der Waals surface area (Å²) in [7, 11) is 0. The molecule has 0 aliphatic heterocycles. The second-order valence-electron chi connectivity index (χ2n) is 42.8. The van der Waals surface area contributed by atoms with E-state index >= 15 is 0 Å². The fourth-order valence-corrected chi connectivity index (χ4v) is 23.0. The van der Waals surface area contributed by atoms with E-state index in [1.165, 1.54) is 262 Å². The van der Waals surface area contributed by atoms with Crippen molar-refractivity contribution in [2.24, 2.45) is 11.3 Å². The van der Waals surface area contributed by atoms with Gasteiger partial charge in [0.05, 0.1) is 5.41 Å². The molecule has 19 rings (SSSR count). The van der Waals surface area contributed by atoms with E-state index in [2.05, 4.69) is 534 Å². The van der Waals surface area contributed by atoms with Crippen LogP contribution in [0.5, 0.6) is 0 Å². The summed E-state index contributed by atoms with van der Waals surface area (Å²) in [5.41, 5.74) is 44.1. The number of hydrogen-bond acceptors (Lipinski definition) is 0. The van der Waals surface area contributed by atoms with Gasteiger partial charge in [0.25, 0.3) is 0 Å². The van der Waals surface area contributed by atoms with E-state index in [4.69, 9.17) is 0 Å². The molecule has 0 spiro atoms. The molecular formula is C138H154. The molecule has 138 heavy (non-hydrogen) atoms. The first-order valence-electron chi connectivity index (χ1n) is 51.4. The normalized spacial score (nSPS) is 15.2. The van der Waals surface area contributed by atoms with Crippen molar-refractivity contribution in [1.29, 1.82) is 0 Å². The van der Waals surface area contributed by atoms with Gasteiger partial charge in [0.15, 0.2) is 0 Å². The molecule has 16 aromatic carbocycles. The molecule has 0 nitrogen and oxygen atoms in total. The number of benzene rings is 16. The fourth-order valence-electron chi connectivity index (χ4n) is 23.0. The van der Waals surface area contributed by atoms with Crippen molar-refractivity contribution in [3.8, 4) is 0 Å². The average Bonchev–Trinajstić information content (AvgIpc) is 0.753. The highest BCUT2D eigenvalue weighted by Gasteiger charge is 2.46. The summed E-state index contributed by atoms with van der Waals surface area (Å²) in [6.45, 7) is 46.9. The zero-order valence-electron chi connectivity index (χ0n) is 87.2. The van der Waals surface area contributed by atoms with E-state index in [1.54, 1.807) is 0 Å². The molecule has 16 aromatic rings. The summed E-state index contributed by atoms with van der Waals surface area (Å²) in [4.78, 5) is 0. The van der Waals surface area contributed by atoms with Gasteiger partial charge in [0.2, 0.25) is 0 Å². The van der Waals surface area contributed by atoms with E-state index in [9.17, 15) is 0 Å². The topological polar surface area (TPSA) is 0 Å². The highest BCUT2D eigenvalue weighted by atomic mass is 14.5. The molecule has 0 bridgehead atoms. The zero-order valence-corrected chi connectivity index (χ0v) is 87.2. The van der Waals surface area contributed by atoms with Crippen molar-refractivity contribution in [2.75, 3.05) is 0 Å². The van der Waals surface area contributed by atoms with Crippen LogP contribution in [0.1, 0.15) is 296 Å². The maximum Gasteiger partial charge on any atom is 0.0701 e. The maximum absolute atomic E-state index is 2.44. The van der Waals surface area contributed by atoms with Crippen molar-refractivity contribution < 1.29 is 0 Å². The minimum Gasteiger partial charge on any atom is -0.0624 e. The van der Waals surface area contributed by atoms with Crippen LogP contribution in [0.2, 0.25) is 0 Å². The molecule has 0 amide bonds. The lowest BCUT2D eigenvalue weighted by Crippen LogP contribution is -2.41. The molecule has 3 aliphatic rings. The van der Waals surface area contributed by atoms with Crippen LogP contribution >= 0.6 is 0 Å². The molecule has 0 heteroatoms. The van der Waals surface area contributed by atoms with Crippen LogP contribution in [0.15, 0.2) is 388 Å². The van der Waals surface area contributed by atoms with Crippen molar-refractivity contribution in [3.05, 3.63) is 566 Å². The molecule has 1 unspecified atom stereocenters. The Labute approximate surface area is 833 Å². The minimum atomic E-state index is -0.343. The number of hydrogen-bond donors (Lipinski definition) is 0. The lowest BCUT2D eigenvalue weighted by molar-refractivity contribution is 0.127. The van der Waals surface area contributed by atoms with Crippen LogP contribution in [-0.2, 0) is 32.5 Å². The standard InChI is InChI=1S/C27H24.C24H26.C23H30.C22H28.C22H22.C20H24/c1-21-13-17-25(18-14-21)27(23-9-5-3-6-10-23,24-11-7-4-8-12-24)26-19-15-22(2)16-20-26;1-17-11-13-22(15-19(17)3)24(5,21-9-7-6-8-10-21)23-14-12-18(2)20(4)16-23;1-17-6-10-20(11-7-17)23(21-12-8-18(2)9-13-21)15-19(3)14-22(4,5)16-23;1-16-8-10-20(14-18(16)3)22(12-6-5-7-13-22)21-11-9-17(2)19(4)15-21;1-17-9-13-20(14-10-17)22(3,19-7-5-4-6-8-19)21-15-11-18(2)12-16-21;1-16-6-10-18(11-7-16)20(14-4-3-5-15-20)19-12-8-17(2)9-13-19/h3-20H,1-2H3;6-16H,1-5H3;6-13,19H,14-16H2,1-5H3;8-11,14-15H,5-7,12-13H2,1-4H3;4-16H,1-3H3;6-13H,3-5,14-15H2,1-2H3. The first kappa shape index (κ1) is 101. The molecule has 0 N–H and O–H groups in total. The third kappa shape index (κ3) is 23.1. The van der Waals surface area contributed by atoms with E-state index < -0.39 is 0 Å². The van der Waals surface area contributed by atoms with E-state index in [0.29, 0.717) is 5.41 Å². The maximum atomic E-state index is 2.44. The third-order valence-electron chi connectivity index (χ3n) is 31.8. The van der Waals surface area contributed by atoms with Crippen molar-refractivity contribution >= 4 is 0 Å². The van der Waals surface area contributed by atoms with Crippen LogP contribution in [0.4, 0.5) is 0 Å². The van der Waals surface area contributed by atoms with Gasteiger partial charge in [0, 0.05) is 27.1 Å². The Hall–Kier alpha value is -12.5. The molecule has 3 aliphatic carbocycles. The van der Waals surface area contributed by atoms with E-state index in [-0.39, 0.29) is 32.5 Å². The van der Waals surface area contributed by atoms with Crippen LogP contribution in [0, 0.1) is 122 Å². The Morgan fingerprint density at radius 1 is 0.196 bits per heavy atom. The van der Waals surface area contributed by atoms with E-state index in [0.717, 1.165) is 5.92 Å².